The van der Waals surface area contributed by atoms with E-state index in [4.69, 9.17) is 4.74 Å². The van der Waals surface area contributed by atoms with Crippen molar-refractivity contribution < 1.29 is 20.6 Å². The number of hydrogen-bond acceptors (Lipinski definition) is 1. The molecule has 0 saturated heterocycles. The van der Waals surface area contributed by atoms with Crippen LogP contribution in [0.1, 0.15) is 20.8 Å². The molecule has 58 valence electrons. The average Bonchev–Trinajstić information content (AvgIpc) is 1.81. The molecule has 0 aliphatic rings. The third-order valence-corrected chi connectivity index (χ3v) is 1.39. The number of rotatable bonds is 2. The Kier molecular flexibility index (Phi) is 4.12. The summed E-state index contributed by atoms with van der Waals surface area (Å²) in [5.41, 5.74) is 0.230. The molecule has 0 aromatic rings. The van der Waals surface area contributed by atoms with Gasteiger partial charge >= 0.3 is 70.6 Å². The van der Waals surface area contributed by atoms with Gasteiger partial charge in [-0.05, 0) is 0 Å². The molecule has 2 heteroatoms. The van der Waals surface area contributed by atoms with Crippen LogP contribution >= 0.6 is 0 Å². The molecule has 0 aliphatic heterocycles. The van der Waals surface area contributed by atoms with Crippen molar-refractivity contribution in [3.63, 3.8) is 0 Å². The Bertz CT molecular complexity index is 142. The van der Waals surface area contributed by atoms with Gasteiger partial charge in [-0.25, -0.2) is 0 Å². The first-order valence-corrected chi connectivity index (χ1v) is 3.86. The van der Waals surface area contributed by atoms with Crippen molar-refractivity contribution in [2.24, 2.45) is 5.41 Å². The van der Waals surface area contributed by atoms with E-state index in [1.54, 1.807) is 7.11 Å². The van der Waals surface area contributed by atoms with E-state index in [1.807, 2.05) is 6.08 Å². The summed E-state index contributed by atoms with van der Waals surface area (Å²) in [6, 6.07) is 0. The molecule has 0 fully saturated rings. The molecule has 0 unspecified atom stereocenters. The van der Waals surface area contributed by atoms with Gasteiger partial charge in [-0.15, -0.1) is 0 Å². The fourth-order valence-electron chi connectivity index (χ4n) is 0.386. The van der Waals surface area contributed by atoms with Crippen LogP contribution in [-0.4, -0.2) is 11.7 Å². The van der Waals surface area contributed by atoms with E-state index in [1.165, 1.54) is 0 Å². The molecule has 0 bridgehead atoms. The number of ether oxygens (including phenoxy) is 1. The van der Waals surface area contributed by atoms with Gasteiger partial charge in [0.15, 0.2) is 0 Å². The molecule has 0 N–H and O–H groups in total. The molecule has 0 rings (SSSR count). The van der Waals surface area contributed by atoms with Gasteiger partial charge in [0, 0.05) is 0 Å². The van der Waals surface area contributed by atoms with Crippen molar-refractivity contribution in [1.29, 1.82) is 0 Å². The van der Waals surface area contributed by atoms with Gasteiger partial charge in [0.05, 0.1) is 0 Å². The van der Waals surface area contributed by atoms with Crippen molar-refractivity contribution in [2.45, 2.75) is 20.8 Å². The first-order valence-electron chi connectivity index (χ1n) is 3.23. The zero-order valence-corrected chi connectivity index (χ0v) is 8.25. The Morgan fingerprint density at radius 2 is 1.90 bits per heavy atom. The molecular weight excluding hydrogens is 164 g/mol. The van der Waals surface area contributed by atoms with Crippen LogP contribution in [0.4, 0.5) is 0 Å². The summed E-state index contributed by atoms with van der Waals surface area (Å²) in [5, 5.41) is 0. The maximum atomic E-state index is 4.92. The maximum absolute atomic E-state index is 4.92. The van der Waals surface area contributed by atoms with Gasteiger partial charge in [0.1, 0.15) is 0 Å². The monoisotopic (exact) mass is 178 g/mol. The minimum atomic E-state index is 0.230. The van der Waals surface area contributed by atoms with Crippen molar-refractivity contribution in [3.8, 4) is 0 Å². The zero-order chi connectivity index (χ0) is 8.20. The second kappa shape index (κ2) is 4.08. The third-order valence-electron chi connectivity index (χ3n) is 0.921. The van der Waals surface area contributed by atoms with E-state index in [0.29, 0.717) is 0 Å². The Labute approximate surface area is 71.0 Å². The van der Waals surface area contributed by atoms with Crippen LogP contribution in [0, 0.1) is 5.41 Å². The van der Waals surface area contributed by atoms with Gasteiger partial charge < -0.3 is 0 Å². The minimum absolute atomic E-state index is 0.230. The van der Waals surface area contributed by atoms with E-state index in [2.05, 4.69) is 42.7 Å². The number of methoxy groups -OCH3 is 1. The van der Waals surface area contributed by atoms with Crippen LogP contribution in [0.2, 0.25) is 0 Å². The van der Waals surface area contributed by atoms with Crippen molar-refractivity contribution in [3.05, 3.63) is 12.2 Å². The topological polar surface area (TPSA) is 9.23 Å². The van der Waals surface area contributed by atoms with E-state index in [9.17, 15) is 0 Å². The van der Waals surface area contributed by atoms with Crippen LogP contribution in [0.3, 0.4) is 0 Å². The number of allylic oxidation sites excluding steroid dienone is 1. The SMILES string of the molecule is CO[C](=[Cr])/C=C/C(C)(C)C. The molecule has 0 radical (unpaired) electrons. The quantitative estimate of drug-likeness (QED) is 0.627. The van der Waals surface area contributed by atoms with Crippen LogP contribution < -0.4 is 0 Å². The first-order chi connectivity index (χ1) is 4.45. The summed E-state index contributed by atoms with van der Waals surface area (Å²) in [6.45, 7) is 6.44. The Balaban J connectivity index is 3.88. The molecule has 0 aromatic carbocycles. The van der Waals surface area contributed by atoms with Crippen molar-refractivity contribution >= 4 is 4.57 Å². The zero-order valence-electron chi connectivity index (χ0n) is 6.97. The summed E-state index contributed by atoms with van der Waals surface area (Å²) in [4.78, 5) is 0. The molecule has 0 atom stereocenters. The first kappa shape index (κ1) is 10.1. The Morgan fingerprint density at radius 3 is 2.20 bits per heavy atom. The Hall–Kier alpha value is 0.102. The standard InChI is InChI=1S/C8H14O.Cr/c1-8(2,3)6-5-7-9-4;/h5-6H,1-4H3;/b6-5+;. The second-order valence-corrected chi connectivity index (χ2v) is 3.85. The molecule has 10 heavy (non-hydrogen) atoms. The summed E-state index contributed by atoms with van der Waals surface area (Å²) in [7, 11) is 1.65. The van der Waals surface area contributed by atoms with Crippen LogP contribution in [0.5, 0.6) is 0 Å². The van der Waals surface area contributed by atoms with Crippen LogP contribution in [-0.2, 0) is 20.6 Å². The fourth-order valence-corrected chi connectivity index (χ4v) is 0.492. The molecule has 0 aliphatic carbocycles. The third kappa shape index (κ3) is 6.23. The predicted octanol–water partition coefficient (Wildman–Crippen LogP) is 1.91. The molecule has 0 heterocycles. The van der Waals surface area contributed by atoms with Gasteiger partial charge in [-0.3, -0.25) is 0 Å². The van der Waals surface area contributed by atoms with E-state index < -0.39 is 0 Å². The van der Waals surface area contributed by atoms with Gasteiger partial charge in [-0.2, -0.15) is 0 Å². The summed E-state index contributed by atoms with van der Waals surface area (Å²) >= 11 is 2.81. The van der Waals surface area contributed by atoms with Crippen molar-refractivity contribution in [1.82, 2.24) is 0 Å². The molecule has 1 nitrogen and oxygen atoms in total. The van der Waals surface area contributed by atoms with E-state index in [0.717, 1.165) is 4.57 Å². The summed E-state index contributed by atoms with van der Waals surface area (Å²) in [6.07, 6.45) is 4.04. The van der Waals surface area contributed by atoms with Gasteiger partial charge in [-0.1, -0.05) is 0 Å². The second-order valence-electron chi connectivity index (χ2n) is 3.22. The molecular formula is C8H14CrO. The number of hydrogen-bond donors (Lipinski definition) is 0. The van der Waals surface area contributed by atoms with Gasteiger partial charge in [0.2, 0.25) is 0 Å². The predicted molar refractivity (Wildman–Crippen MR) is 40.6 cm³/mol. The fraction of sp³-hybridized carbons (Fsp3) is 0.625. The molecule has 0 saturated carbocycles. The van der Waals surface area contributed by atoms with E-state index >= 15 is 0 Å². The molecule has 0 spiro atoms. The normalized spacial score (nSPS) is 12.4. The van der Waals surface area contributed by atoms with Crippen molar-refractivity contribution in [2.75, 3.05) is 7.11 Å². The molecule has 0 amide bonds. The molecule has 0 aromatic heterocycles. The van der Waals surface area contributed by atoms with Crippen LogP contribution in [0.15, 0.2) is 12.2 Å². The summed E-state index contributed by atoms with van der Waals surface area (Å²) < 4.78 is 5.75. The van der Waals surface area contributed by atoms with E-state index in [-0.39, 0.29) is 5.41 Å². The van der Waals surface area contributed by atoms with Gasteiger partial charge in [0.25, 0.3) is 0 Å². The summed E-state index contributed by atoms with van der Waals surface area (Å²) in [5.74, 6) is 0. The Morgan fingerprint density at radius 1 is 1.40 bits per heavy atom. The van der Waals surface area contributed by atoms with Crippen LogP contribution in [0.25, 0.3) is 0 Å². The average molecular weight is 178 g/mol.